The predicted molar refractivity (Wildman–Crippen MR) is 71.8 cm³/mol. The highest BCUT2D eigenvalue weighted by Gasteiger charge is 2.16. The number of aromatic nitrogens is 2. The van der Waals surface area contributed by atoms with E-state index >= 15 is 0 Å². The molecule has 0 fully saturated rings. The molecule has 0 aliphatic carbocycles. The van der Waals surface area contributed by atoms with Crippen molar-refractivity contribution in [1.82, 2.24) is 9.78 Å². The largest absolute Gasteiger partial charge is 0.453 e. The lowest BCUT2D eigenvalue weighted by Gasteiger charge is -2.07. The molecule has 0 bridgehead atoms. The fourth-order valence-electron chi connectivity index (χ4n) is 1.95. The Morgan fingerprint density at radius 3 is 2.65 bits per heavy atom. The number of aliphatic hydroxyl groups is 1. The summed E-state index contributed by atoms with van der Waals surface area (Å²) in [6.45, 7) is 3.27. The van der Waals surface area contributed by atoms with E-state index in [4.69, 9.17) is 4.74 Å². The molecule has 106 valence electrons. The van der Waals surface area contributed by atoms with E-state index < -0.39 is 11.5 Å². The molecule has 0 atom stereocenters. The van der Waals surface area contributed by atoms with Crippen molar-refractivity contribution in [3.05, 3.63) is 45.3 Å². The lowest BCUT2D eigenvalue weighted by Crippen LogP contribution is -1.97. The van der Waals surface area contributed by atoms with Crippen LogP contribution >= 0.6 is 0 Å². The number of hydrogen-bond donors (Lipinski definition) is 1. The molecule has 1 aromatic heterocycles. The van der Waals surface area contributed by atoms with Crippen molar-refractivity contribution in [2.24, 2.45) is 7.05 Å². The molecule has 0 aliphatic heterocycles. The van der Waals surface area contributed by atoms with Gasteiger partial charge >= 0.3 is 0 Å². The monoisotopic (exact) mass is 277 g/mol. The van der Waals surface area contributed by atoms with Gasteiger partial charge in [-0.2, -0.15) is 5.10 Å². The minimum atomic E-state index is -0.532. The van der Waals surface area contributed by atoms with Crippen molar-refractivity contribution in [2.75, 3.05) is 0 Å². The van der Waals surface area contributed by atoms with Gasteiger partial charge in [-0.3, -0.25) is 14.8 Å². The Kier molecular flexibility index (Phi) is 3.71. The lowest BCUT2D eigenvalue weighted by atomic mass is 10.2. The molecule has 0 saturated heterocycles. The zero-order valence-corrected chi connectivity index (χ0v) is 11.5. The van der Waals surface area contributed by atoms with Gasteiger partial charge in [0.15, 0.2) is 5.75 Å². The Balaban J connectivity index is 2.37. The summed E-state index contributed by atoms with van der Waals surface area (Å²) in [5.74, 6) is 1.05. The van der Waals surface area contributed by atoms with Crippen LogP contribution in [-0.2, 0) is 13.7 Å². The molecular formula is C13H15N3O4. The molecule has 1 N–H and O–H groups in total. The molecule has 0 unspecified atom stereocenters. The molecule has 0 spiro atoms. The molecule has 2 aromatic rings. The summed E-state index contributed by atoms with van der Waals surface area (Å²) >= 11 is 0. The lowest BCUT2D eigenvalue weighted by molar-refractivity contribution is -0.385. The third kappa shape index (κ3) is 2.48. The van der Waals surface area contributed by atoms with Crippen LogP contribution in [-0.4, -0.2) is 19.8 Å². The number of rotatable bonds is 4. The Bertz CT molecular complexity index is 664. The summed E-state index contributed by atoms with van der Waals surface area (Å²) in [4.78, 5) is 10.3. The van der Waals surface area contributed by atoms with Crippen LogP contribution in [0.3, 0.4) is 0 Å². The number of aryl methyl sites for hydroxylation is 2. The molecule has 0 saturated carbocycles. The van der Waals surface area contributed by atoms with Gasteiger partial charge in [0.25, 0.3) is 5.69 Å². The Hall–Kier alpha value is -2.41. The standard InChI is InChI=1S/C13H15N3O4/c1-8-13(9(2)15(3)14-8)20-11-4-5-12(16(18)19)10(6-11)7-17/h4-6,17H,7H2,1-3H3. The summed E-state index contributed by atoms with van der Waals surface area (Å²) in [7, 11) is 1.81. The molecule has 0 amide bonds. The minimum absolute atomic E-state index is 0.125. The third-order valence-corrected chi connectivity index (χ3v) is 3.08. The Morgan fingerprint density at radius 1 is 1.45 bits per heavy atom. The van der Waals surface area contributed by atoms with Gasteiger partial charge in [0.2, 0.25) is 0 Å². The van der Waals surface area contributed by atoms with Gasteiger partial charge in [-0.25, -0.2) is 0 Å². The highest BCUT2D eigenvalue weighted by atomic mass is 16.6. The number of nitro benzene ring substituents is 1. The van der Waals surface area contributed by atoms with Gasteiger partial charge in [0.05, 0.1) is 22.8 Å². The average molecular weight is 277 g/mol. The van der Waals surface area contributed by atoms with Crippen molar-refractivity contribution in [1.29, 1.82) is 0 Å². The van der Waals surface area contributed by atoms with E-state index in [2.05, 4.69) is 5.10 Å². The first-order chi connectivity index (χ1) is 9.43. The maximum atomic E-state index is 10.8. The van der Waals surface area contributed by atoms with Gasteiger partial charge in [-0.1, -0.05) is 0 Å². The highest BCUT2D eigenvalue weighted by molar-refractivity contribution is 5.47. The second-order valence-electron chi connectivity index (χ2n) is 4.43. The van der Waals surface area contributed by atoms with E-state index in [1.807, 2.05) is 20.9 Å². The molecule has 2 rings (SSSR count). The number of benzene rings is 1. The van der Waals surface area contributed by atoms with Gasteiger partial charge in [-0.05, 0) is 26.0 Å². The van der Waals surface area contributed by atoms with Crippen molar-refractivity contribution in [3.8, 4) is 11.5 Å². The predicted octanol–water partition coefficient (Wildman–Crippen LogP) is 2.23. The number of ether oxygens (including phenoxy) is 1. The number of nitro groups is 1. The summed E-state index contributed by atoms with van der Waals surface area (Å²) < 4.78 is 7.42. The summed E-state index contributed by atoms with van der Waals surface area (Å²) in [6, 6.07) is 4.29. The van der Waals surface area contributed by atoms with Crippen molar-refractivity contribution >= 4 is 5.69 Å². The van der Waals surface area contributed by atoms with Crippen LogP contribution in [0.1, 0.15) is 17.0 Å². The highest BCUT2D eigenvalue weighted by Crippen LogP contribution is 2.31. The van der Waals surface area contributed by atoms with Crippen molar-refractivity contribution in [2.45, 2.75) is 20.5 Å². The maximum Gasteiger partial charge on any atom is 0.275 e. The normalized spacial score (nSPS) is 10.6. The number of aliphatic hydroxyl groups excluding tert-OH is 1. The van der Waals surface area contributed by atoms with E-state index in [1.54, 1.807) is 4.68 Å². The quantitative estimate of drug-likeness (QED) is 0.683. The summed E-state index contributed by atoms with van der Waals surface area (Å²) in [5, 5.41) is 24.2. The maximum absolute atomic E-state index is 10.8. The smallest absolute Gasteiger partial charge is 0.275 e. The van der Waals surface area contributed by atoms with Crippen LogP contribution in [0.5, 0.6) is 11.5 Å². The molecule has 20 heavy (non-hydrogen) atoms. The van der Waals surface area contributed by atoms with Crippen LogP contribution in [0.15, 0.2) is 18.2 Å². The van der Waals surface area contributed by atoms with Crippen LogP contribution in [0, 0.1) is 24.0 Å². The summed E-state index contributed by atoms with van der Waals surface area (Å²) in [6.07, 6.45) is 0. The Morgan fingerprint density at radius 2 is 2.15 bits per heavy atom. The SMILES string of the molecule is Cc1nn(C)c(C)c1Oc1ccc([N+](=O)[O-])c(CO)c1. The fourth-order valence-corrected chi connectivity index (χ4v) is 1.95. The number of hydrogen-bond acceptors (Lipinski definition) is 5. The van der Waals surface area contributed by atoms with Gasteiger partial charge in [0.1, 0.15) is 11.4 Å². The van der Waals surface area contributed by atoms with Crippen molar-refractivity contribution in [3.63, 3.8) is 0 Å². The molecule has 1 aromatic carbocycles. The molecule has 7 nitrogen and oxygen atoms in total. The molecule has 0 radical (unpaired) electrons. The first-order valence-corrected chi connectivity index (χ1v) is 6.00. The molecule has 0 aliphatic rings. The topological polar surface area (TPSA) is 90.4 Å². The summed E-state index contributed by atoms with van der Waals surface area (Å²) in [5.41, 5.74) is 1.67. The third-order valence-electron chi connectivity index (χ3n) is 3.08. The fraction of sp³-hybridized carbons (Fsp3) is 0.308. The average Bonchev–Trinajstić information content (AvgIpc) is 2.65. The Labute approximate surface area is 115 Å². The van der Waals surface area contributed by atoms with Gasteiger partial charge in [0, 0.05) is 13.1 Å². The zero-order chi connectivity index (χ0) is 14.9. The molecule has 7 heteroatoms. The first kappa shape index (κ1) is 14.0. The van der Waals surface area contributed by atoms with Crippen molar-refractivity contribution < 1.29 is 14.8 Å². The van der Waals surface area contributed by atoms with Crippen LogP contribution in [0.2, 0.25) is 0 Å². The zero-order valence-electron chi connectivity index (χ0n) is 11.5. The van der Waals surface area contributed by atoms with Crippen LogP contribution in [0.4, 0.5) is 5.69 Å². The van der Waals surface area contributed by atoms with Crippen LogP contribution < -0.4 is 4.74 Å². The second kappa shape index (κ2) is 5.30. The van der Waals surface area contributed by atoms with E-state index in [1.165, 1.54) is 18.2 Å². The van der Waals surface area contributed by atoms with E-state index in [0.717, 1.165) is 11.4 Å². The van der Waals surface area contributed by atoms with E-state index in [-0.39, 0.29) is 11.3 Å². The number of nitrogens with zero attached hydrogens (tertiary/aromatic N) is 3. The van der Waals surface area contributed by atoms with Gasteiger partial charge < -0.3 is 9.84 Å². The van der Waals surface area contributed by atoms with E-state index in [0.29, 0.717) is 11.5 Å². The first-order valence-electron chi connectivity index (χ1n) is 6.00. The van der Waals surface area contributed by atoms with Gasteiger partial charge in [-0.15, -0.1) is 0 Å². The minimum Gasteiger partial charge on any atom is -0.453 e. The van der Waals surface area contributed by atoms with E-state index in [9.17, 15) is 15.2 Å². The molecular weight excluding hydrogens is 262 g/mol. The second-order valence-corrected chi connectivity index (χ2v) is 4.43. The molecule has 1 heterocycles. The van der Waals surface area contributed by atoms with Crippen LogP contribution in [0.25, 0.3) is 0 Å².